The van der Waals surface area contributed by atoms with Gasteiger partial charge >= 0.3 is 11.7 Å². The molecule has 0 spiro atoms. The zero-order valence-corrected chi connectivity index (χ0v) is 21.2. The molecule has 4 rings (SSSR count). The highest BCUT2D eigenvalue weighted by Crippen LogP contribution is 2.38. The summed E-state index contributed by atoms with van der Waals surface area (Å²) in [7, 11) is 0. The molecule has 1 aromatic heterocycles. The molecule has 1 saturated heterocycles. The van der Waals surface area contributed by atoms with Crippen molar-refractivity contribution >= 4 is 80.8 Å². The van der Waals surface area contributed by atoms with Crippen molar-refractivity contribution in [2.75, 3.05) is 6.54 Å². The van der Waals surface area contributed by atoms with Crippen molar-refractivity contribution in [3.63, 3.8) is 0 Å². The number of carboxylic acid groups (broad SMARTS) is 1. The number of rotatable bonds is 7. The van der Waals surface area contributed by atoms with Gasteiger partial charge in [-0.15, -0.1) is 0 Å². The molecular weight excluding hydrogens is 569 g/mol. The smallest absolute Gasteiger partial charge is 0.323 e. The van der Waals surface area contributed by atoms with Crippen LogP contribution in [0.2, 0.25) is 10.0 Å². The van der Waals surface area contributed by atoms with Crippen molar-refractivity contribution in [1.29, 1.82) is 0 Å². The van der Waals surface area contributed by atoms with Crippen LogP contribution in [-0.4, -0.2) is 52.4 Å². The van der Waals surface area contributed by atoms with Gasteiger partial charge in [-0.1, -0.05) is 47.2 Å². The number of nitrogens with zero attached hydrogens (tertiary/aromatic N) is 5. The Morgan fingerprint density at radius 2 is 1.89 bits per heavy atom. The summed E-state index contributed by atoms with van der Waals surface area (Å²) in [6, 6.07) is 7.65. The average molecular weight is 580 g/mol. The molecular formula is C21H11Cl2N5O7S2. The molecule has 0 aliphatic carbocycles. The summed E-state index contributed by atoms with van der Waals surface area (Å²) in [6.45, 7) is -0.619. The molecule has 0 bridgehead atoms. The molecule has 1 aliphatic heterocycles. The molecule has 2 heterocycles. The molecule has 12 nitrogen and oxygen atoms in total. The van der Waals surface area contributed by atoms with Gasteiger partial charge in [-0.25, -0.2) is 4.68 Å². The number of non-ortho nitro benzene ring substituents is 1. The van der Waals surface area contributed by atoms with Crippen molar-refractivity contribution in [3.05, 3.63) is 83.3 Å². The lowest BCUT2D eigenvalue weighted by Gasteiger charge is -2.10. The van der Waals surface area contributed by atoms with E-state index in [1.54, 1.807) is 12.1 Å². The number of hydrogen-bond donors (Lipinski definition) is 1. The van der Waals surface area contributed by atoms with Crippen LogP contribution in [0.25, 0.3) is 23.0 Å². The molecule has 37 heavy (non-hydrogen) atoms. The highest BCUT2D eigenvalue weighted by molar-refractivity contribution is 8.26. The highest BCUT2D eigenvalue weighted by Gasteiger charge is 2.34. The minimum absolute atomic E-state index is 0.0446. The van der Waals surface area contributed by atoms with Crippen molar-refractivity contribution in [2.24, 2.45) is 0 Å². The molecule has 0 atom stereocenters. The van der Waals surface area contributed by atoms with E-state index in [9.17, 15) is 29.8 Å². The maximum Gasteiger partial charge on any atom is 0.323 e. The lowest BCUT2D eigenvalue weighted by Crippen LogP contribution is -2.33. The van der Waals surface area contributed by atoms with E-state index in [4.69, 9.17) is 40.5 Å². The number of carbonyl (C=O) groups is 2. The number of carboxylic acids is 1. The molecule has 1 aliphatic rings. The zero-order valence-electron chi connectivity index (χ0n) is 18.0. The maximum absolute atomic E-state index is 12.8. The van der Waals surface area contributed by atoms with E-state index < -0.39 is 39.6 Å². The van der Waals surface area contributed by atoms with Crippen LogP contribution in [0.4, 0.5) is 11.4 Å². The zero-order chi connectivity index (χ0) is 27.0. The lowest BCUT2D eigenvalue weighted by molar-refractivity contribution is -0.394. The Morgan fingerprint density at radius 1 is 1.16 bits per heavy atom. The van der Waals surface area contributed by atoms with Crippen LogP contribution in [0.5, 0.6) is 0 Å². The van der Waals surface area contributed by atoms with Crippen LogP contribution in [0.15, 0.2) is 47.5 Å². The third kappa shape index (κ3) is 5.32. The van der Waals surface area contributed by atoms with E-state index >= 15 is 0 Å². The van der Waals surface area contributed by atoms with Gasteiger partial charge in [-0.3, -0.25) is 34.7 Å². The summed E-state index contributed by atoms with van der Waals surface area (Å²) >= 11 is 18.4. The Bertz CT molecular complexity index is 1560. The molecule has 2 aromatic carbocycles. The van der Waals surface area contributed by atoms with E-state index in [-0.39, 0.29) is 31.2 Å². The summed E-state index contributed by atoms with van der Waals surface area (Å²) in [5, 5.41) is 36.8. The Labute approximate surface area is 226 Å². The van der Waals surface area contributed by atoms with E-state index in [2.05, 4.69) is 5.10 Å². The fourth-order valence-corrected chi connectivity index (χ4v) is 5.13. The minimum Gasteiger partial charge on any atom is -0.480 e. The number of nitro groups is 2. The topological polar surface area (TPSA) is 162 Å². The van der Waals surface area contributed by atoms with Crippen molar-refractivity contribution in [1.82, 2.24) is 14.7 Å². The number of aliphatic carboxylic acids is 1. The number of aromatic nitrogens is 2. The predicted molar refractivity (Wildman–Crippen MR) is 140 cm³/mol. The highest BCUT2D eigenvalue weighted by atomic mass is 35.5. The number of benzene rings is 2. The predicted octanol–water partition coefficient (Wildman–Crippen LogP) is 4.95. The SMILES string of the molecule is O=C(O)CN1C(=O)/C(=C/c2cn(-c3ccc([N+](=O)[O-])cc3[N+](=O)[O-])nc2-c2ccc(Cl)cc2Cl)SC1=S. The first-order valence-corrected chi connectivity index (χ1v) is 11.9. The van der Waals surface area contributed by atoms with E-state index in [0.29, 0.717) is 10.6 Å². The molecule has 16 heteroatoms. The molecule has 0 unspecified atom stereocenters. The Balaban J connectivity index is 1.90. The van der Waals surface area contributed by atoms with Gasteiger partial charge in [0.05, 0.1) is 25.8 Å². The van der Waals surface area contributed by atoms with Crippen molar-refractivity contribution in [2.45, 2.75) is 0 Å². The first kappa shape index (κ1) is 26.2. The third-order valence-electron chi connectivity index (χ3n) is 5.00. The Hall–Kier alpha value is -3.85. The van der Waals surface area contributed by atoms with Crippen molar-refractivity contribution < 1.29 is 24.5 Å². The summed E-state index contributed by atoms with van der Waals surface area (Å²) in [4.78, 5) is 46.2. The maximum atomic E-state index is 12.8. The van der Waals surface area contributed by atoms with Gasteiger partial charge < -0.3 is 5.11 Å². The number of thioether (sulfide) groups is 1. The van der Waals surface area contributed by atoms with E-state index in [0.717, 1.165) is 33.5 Å². The standard InChI is InChI=1S/C21H11Cl2N5O7S2/c22-11-1-3-13(14(23)6-11)19-10(5-17-20(31)25(9-18(29)30)21(36)37-17)8-26(24-19)15-4-2-12(27(32)33)7-16(15)28(34)35/h1-8H,9H2,(H,29,30)/b17-5-. The molecule has 0 saturated carbocycles. The quantitative estimate of drug-likeness (QED) is 0.175. The van der Waals surface area contributed by atoms with Gasteiger partial charge in [0.1, 0.15) is 22.2 Å². The monoisotopic (exact) mass is 579 g/mol. The van der Waals surface area contributed by atoms with Gasteiger partial charge in [0.15, 0.2) is 0 Å². The second-order valence-corrected chi connectivity index (χ2v) is 9.87. The first-order valence-electron chi connectivity index (χ1n) is 9.91. The fourth-order valence-electron chi connectivity index (χ4n) is 3.39. The molecule has 1 fully saturated rings. The fraction of sp³-hybridized carbons (Fsp3) is 0.0476. The van der Waals surface area contributed by atoms with Gasteiger partial charge in [0.25, 0.3) is 11.6 Å². The van der Waals surface area contributed by atoms with Crippen LogP contribution in [0, 0.1) is 20.2 Å². The van der Waals surface area contributed by atoms with Gasteiger partial charge in [-0.2, -0.15) is 5.10 Å². The molecule has 3 aromatic rings. The number of hydrogen-bond acceptors (Lipinski definition) is 9. The number of amides is 1. The summed E-state index contributed by atoms with van der Waals surface area (Å²) in [6.07, 6.45) is 2.78. The second kappa shape index (κ2) is 10.3. The number of thiocarbonyl (C=S) groups is 1. The van der Waals surface area contributed by atoms with Gasteiger partial charge in [-0.05, 0) is 30.3 Å². The van der Waals surface area contributed by atoms with Crippen LogP contribution in [0.1, 0.15) is 5.56 Å². The van der Waals surface area contributed by atoms with Crippen LogP contribution < -0.4 is 0 Å². The largest absolute Gasteiger partial charge is 0.480 e. The molecule has 1 N–H and O–H groups in total. The number of nitro benzene ring substituents is 2. The molecule has 188 valence electrons. The lowest BCUT2D eigenvalue weighted by atomic mass is 10.1. The van der Waals surface area contributed by atoms with Crippen LogP contribution >= 0.6 is 47.2 Å². The van der Waals surface area contributed by atoms with Crippen molar-refractivity contribution in [3.8, 4) is 16.9 Å². The van der Waals surface area contributed by atoms with Crippen LogP contribution in [-0.2, 0) is 9.59 Å². The minimum atomic E-state index is -1.25. The van der Waals surface area contributed by atoms with Crippen LogP contribution in [0.3, 0.4) is 0 Å². The van der Waals surface area contributed by atoms with E-state index in [1.165, 1.54) is 24.4 Å². The molecule has 0 radical (unpaired) electrons. The van der Waals surface area contributed by atoms with Gasteiger partial charge in [0.2, 0.25) is 0 Å². The molecule has 1 amide bonds. The summed E-state index contributed by atoms with van der Waals surface area (Å²) < 4.78 is 1.18. The summed E-state index contributed by atoms with van der Waals surface area (Å²) in [5.41, 5.74) is -0.275. The summed E-state index contributed by atoms with van der Waals surface area (Å²) in [5.74, 6) is -1.89. The average Bonchev–Trinajstić information content (AvgIpc) is 3.34. The normalized spacial score (nSPS) is 14.4. The van der Waals surface area contributed by atoms with E-state index in [1.807, 2.05) is 0 Å². The second-order valence-electron chi connectivity index (χ2n) is 7.35. The third-order valence-corrected chi connectivity index (χ3v) is 6.92. The number of halogens is 2. The Kier molecular flexibility index (Phi) is 7.27. The van der Waals surface area contributed by atoms with Gasteiger partial charge in [0, 0.05) is 28.4 Å². The Morgan fingerprint density at radius 3 is 2.51 bits per heavy atom. The first-order chi connectivity index (χ1) is 17.5. The number of carbonyl (C=O) groups excluding carboxylic acids is 1.